The average Bonchev–Trinajstić information content (AvgIpc) is 2.84. The van der Waals surface area contributed by atoms with E-state index >= 15 is 0 Å². The summed E-state index contributed by atoms with van der Waals surface area (Å²) in [6.07, 6.45) is 11.3. The van der Waals surface area contributed by atoms with Gasteiger partial charge in [-0.05, 0) is 79.5 Å². The van der Waals surface area contributed by atoms with E-state index < -0.39 is 10.0 Å². The lowest BCUT2D eigenvalue weighted by atomic mass is 10.1. The van der Waals surface area contributed by atoms with Crippen molar-refractivity contribution >= 4 is 33.6 Å². The number of piperidine rings is 1. The summed E-state index contributed by atoms with van der Waals surface area (Å²) in [5.74, 6) is 0. The van der Waals surface area contributed by atoms with E-state index in [-0.39, 0.29) is 4.90 Å². The van der Waals surface area contributed by atoms with Crippen LogP contribution in [0.25, 0.3) is 12.2 Å². The summed E-state index contributed by atoms with van der Waals surface area (Å²) in [4.78, 5) is 6.61. The van der Waals surface area contributed by atoms with Crippen molar-refractivity contribution in [3.8, 4) is 0 Å². The van der Waals surface area contributed by atoms with E-state index in [2.05, 4.69) is 19.9 Å². The van der Waals surface area contributed by atoms with E-state index in [1.807, 2.05) is 54.6 Å². The van der Waals surface area contributed by atoms with Gasteiger partial charge >= 0.3 is 0 Å². The van der Waals surface area contributed by atoms with Crippen molar-refractivity contribution < 1.29 is 8.42 Å². The van der Waals surface area contributed by atoms with Crippen molar-refractivity contribution in [2.24, 2.45) is 0 Å². The Kier molecular flexibility index (Phi) is 7.88. The molecule has 6 nitrogen and oxygen atoms in total. The highest BCUT2D eigenvalue weighted by atomic mass is 32.2. The smallest absolute Gasteiger partial charge is 0.240 e. The van der Waals surface area contributed by atoms with Gasteiger partial charge in [-0.1, -0.05) is 36.8 Å². The Hall–Kier alpha value is -3.00. The Labute approximate surface area is 196 Å². The van der Waals surface area contributed by atoms with E-state index in [0.717, 1.165) is 42.1 Å². The lowest BCUT2D eigenvalue weighted by molar-refractivity contribution is 0.233. The Morgan fingerprint density at radius 2 is 1.55 bits per heavy atom. The maximum absolute atomic E-state index is 12.8. The van der Waals surface area contributed by atoms with Crippen LogP contribution in [0.15, 0.2) is 78.0 Å². The Morgan fingerprint density at radius 3 is 2.33 bits per heavy atom. The largest absolute Gasteiger partial charge is 0.355 e. The van der Waals surface area contributed by atoms with Gasteiger partial charge in [0.25, 0.3) is 0 Å². The number of nitrogens with zero attached hydrogens (tertiary/aromatic N) is 2. The first-order valence-electron chi connectivity index (χ1n) is 11.4. The molecule has 33 heavy (non-hydrogen) atoms. The molecule has 3 aromatic rings. The molecule has 0 radical (unpaired) electrons. The number of hydrogen-bond donors (Lipinski definition) is 2. The molecule has 0 atom stereocenters. The molecule has 1 fully saturated rings. The minimum absolute atomic E-state index is 0.264. The molecular weight excluding hydrogens is 432 g/mol. The molecule has 2 N–H and O–H groups in total. The van der Waals surface area contributed by atoms with Gasteiger partial charge in [0.05, 0.1) is 4.90 Å². The van der Waals surface area contributed by atoms with Gasteiger partial charge in [0.2, 0.25) is 10.0 Å². The second-order valence-corrected chi connectivity index (χ2v) is 9.96. The monoisotopic (exact) mass is 462 g/mol. The Balaban J connectivity index is 1.39. The summed E-state index contributed by atoms with van der Waals surface area (Å²) in [6.45, 7) is 3.28. The van der Waals surface area contributed by atoms with Gasteiger partial charge in [0.1, 0.15) is 0 Å². The summed E-state index contributed by atoms with van der Waals surface area (Å²) in [7, 11) is -3.56. The van der Waals surface area contributed by atoms with Crippen LogP contribution in [0.3, 0.4) is 0 Å². The van der Waals surface area contributed by atoms with E-state index in [0.29, 0.717) is 6.54 Å². The second-order valence-electron chi connectivity index (χ2n) is 8.19. The second kappa shape index (κ2) is 11.2. The SMILES string of the molecule is O=S(=O)(NCCN1CCCCC1)c1cccc(Nc2cccc(C=Cc3ccncc3)c2)c1. The molecule has 0 saturated carbocycles. The number of sulfonamides is 1. The fraction of sp³-hybridized carbons (Fsp3) is 0.269. The minimum atomic E-state index is -3.56. The topological polar surface area (TPSA) is 74.3 Å². The normalized spacial score (nSPS) is 15.0. The van der Waals surface area contributed by atoms with Crippen LogP contribution in [0.1, 0.15) is 30.4 Å². The van der Waals surface area contributed by atoms with Gasteiger partial charge in [0, 0.05) is 36.9 Å². The molecule has 0 unspecified atom stereocenters. The van der Waals surface area contributed by atoms with Crippen molar-refractivity contribution in [2.45, 2.75) is 24.2 Å². The third-order valence-electron chi connectivity index (χ3n) is 5.66. The number of benzene rings is 2. The van der Waals surface area contributed by atoms with Crippen molar-refractivity contribution in [3.05, 3.63) is 84.2 Å². The highest BCUT2D eigenvalue weighted by molar-refractivity contribution is 7.89. The molecule has 1 saturated heterocycles. The van der Waals surface area contributed by atoms with Crippen LogP contribution in [-0.2, 0) is 10.0 Å². The molecule has 0 amide bonds. The van der Waals surface area contributed by atoms with Gasteiger partial charge in [0.15, 0.2) is 0 Å². The molecule has 172 valence electrons. The quantitative estimate of drug-likeness (QED) is 0.480. The van der Waals surface area contributed by atoms with Crippen LogP contribution in [0.2, 0.25) is 0 Å². The summed E-state index contributed by atoms with van der Waals surface area (Å²) < 4.78 is 28.3. The lowest BCUT2D eigenvalue weighted by Crippen LogP contribution is -2.37. The van der Waals surface area contributed by atoms with Crippen LogP contribution in [0.5, 0.6) is 0 Å². The van der Waals surface area contributed by atoms with Crippen molar-refractivity contribution in [1.29, 1.82) is 0 Å². The predicted molar refractivity (Wildman–Crippen MR) is 135 cm³/mol. The van der Waals surface area contributed by atoms with Gasteiger partial charge in [-0.15, -0.1) is 0 Å². The van der Waals surface area contributed by atoms with Crippen LogP contribution >= 0.6 is 0 Å². The van der Waals surface area contributed by atoms with Crippen molar-refractivity contribution in [3.63, 3.8) is 0 Å². The molecule has 7 heteroatoms. The van der Waals surface area contributed by atoms with E-state index in [1.165, 1.54) is 19.3 Å². The average molecular weight is 463 g/mol. The summed E-state index contributed by atoms with van der Waals surface area (Å²) in [5.41, 5.74) is 3.73. The molecule has 0 aliphatic carbocycles. The molecule has 4 rings (SSSR count). The number of anilines is 2. The van der Waals surface area contributed by atoms with Crippen LogP contribution in [-0.4, -0.2) is 44.5 Å². The number of aromatic nitrogens is 1. The zero-order valence-corrected chi connectivity index (χ0v) is 19.5. The fourth-order valence-corrected chi connectivity index (χ4v) is 4.97. The fourth-order valence-electron chi connectivity index (χ4n) is 3.90. The zero-order chi connectivity index (χ0) is 22.9. The van der Waals surface area contributed by atoms with E-state index in [9.17, 15) is 8.42 Å². The summed E-state index contributed by atoms with van der Waals surface area (Å²) >= 11 is 0. The van der Waals surface area contributed by atoms with Gasteiger partial charge in [-0.2, -0.15) is 0 Å². The number of nitrogens with one attached hydrogen (secondary N) is 2. The Morgan fingerprint density at radius 1 is 0.848 bits per heavy atom. The van der Waals surface area contributed by atoms with Crippen LogP contribution in [0, 0.1) is 0 Å². The minimum Gasteiger partial charge on any atom is -0.355 e. The van der Waals surface area contributed by atoms with E-state index in [4.69, 9.17) is 0 Å². The first-order valence-corrected chi connectivity index (χ1v) is 12.8. The first kappa shape index (κ1) is 23.2. The molecule has 2 heterocycles. The maximum atomic E-state index is 12.8. The number of pyridine rings is 1. The molecule has 0 bridgehead atoms. The van der Waals surface area contributed by atoms with Crippen molar-refractivity contribution in [2.75, 3.05) is 31.5 Å². The van der Waals surface area contributed by atoms with Crippen LogP contribution < -0.4 is 10.0 Å². The zero-order valence-electron chi connectivity index (χ0n) is 18.7. The highest BCUT2D eigenvalue weighted by Gasteiger charge is 2.16. The summed E-state index contributed by atoms with van der Waals surface area (Å²) in [6, 6.07) is 18.8. The molecule has 1 aromatic heterocycles. The Bertz CT molecular complexity index is 1170. The van der Waals surface area contributed by atoms with Gasteiger partial charge in [-0.25, -0.2) is 13.1 Å². The maximum Gasteiger partial charge on any atom is 0.240 e. The molecule has 0 spiro atoms. The number of hydrogen-bond acceptors (Lipinski definition) is 5. The molecular formula is C26H30N4O2S. The standard InChI is InChI=1S/C26H30N4O2S/c31-33(32,28-16-19-30-17-2-1-3-18-30)26-9-5-8-25(21-26)29-24-7-4-6-23(20-24)11-10-22-12-14-27-15-13-22/h4-15,20-21,28-29H,1-3,16-19H2. The van der Waals surface area contributed by atoms with Gasteiger partial charge < -0.3 is 10.2 Å². The lowest BCUT2D eigenvalue weighted by Gasteiger charge is -2.26. The van der Waals surface area contributed by atoms with Gasteiger partial charge in [-0.3, -0.25) is 4.98 Å². The predicted octanol–water partition coefficient (Wildman–Crippen LogP) is 4.76. The summed E-state index contributed by atoms with van der Waals surface area (Å²) in [5, 5.41) is 3.32. The number of rotatable bonds is 9. The molecule has 1 aliphatic heterocycles. The third-order valence-corrected chi connectivity index (χ3v) is 7.12. The third kappa shape index (κ3) is 6.99. The number of likely N-dealkylation sites (tertiary alicyclic amines) is 1. The highest BCUT2D eigenvalue weighted by Crippen LogP contribution is 2.22. The van der Waals surface area contributed by atoms with Crippen LogP contribution in [0.4, 0.5) is 11.4 Å². The van der Waals surface area contributed by atoms with E-state index in [1.54, 1.807) is 30.6 Å². The van der Waals surface area contributed by atoms with Crippen molar-refractivity contribution in [1.82, 2.24) is 14.6 Å². The molecule has 1 aliphatic rings. The first-order chi connectivity index (χ1) is 16.1. The molecule has 2 aromatic carbocycles.